The maximum absolute atomic E-state index is 11.7. The van der Waals surface area contributed by atoms with Crippen LogP contribution in [0, 0.1) is 0 Å². The normalized spacial score (nSPS) is 18.3. The fraction of sp³-hybridized carbons (Fsp3) is 0.167. The van der Waals surface area contributed by atoms with Gasteiger partial charge in [-0.2, -0.15) is 0 Å². The minimum absolute atomic E-state index is 0.0132. The van der Waals surface area contributed by atoms with Crippen LogP contribution in [0.1, 0.15) is 22.8 Å². The largest absolute Gasteiger partial charge is 0.375 e. The molecule has 6 heteroatoms. The number of benzene rings is 1. The number of nitrogen functional groups attached to an aromatic ring is 1. The molecule has 1 amide bonds. The van der Waals surface area contributed by atoms with Crippen LogP contribution < -0.4 is 11.1 Å². The molecule has 2 aromatic rings. The number of carbonyl (C=O) groups is 1. The molecule has 0 radical (unpaired) electrons. The highest BCUT2D eigenvalue weighted by molar-refractivity contribution is 9.10. The van der Waals surface area contributed by atoms with Gasteiger partial charge in [-0.25, -0.2) is 4.98 Å². The number of halogens is 1. The Morgan fingerprint density at radius 3 is 2.83 bits per heavy atom. The zero-order chi connectivity index (χ0) is 12.7. The number of hydrogen-bond acceptors (Lipinski definition) is 4. The first-order valence-electron chi connectivity index (χ1n) is 5.45. The summed E-state index contributed by atoms with van der Waals surface area (Å²) in [6, 6.07) is 8.00. The quantitative estimate of drug-likeness (QED) is 0.847. The van der Waals surface area contributed by atoms with E-state index in [9.17, 15) is 4.79 Å². The number of nitrogens with two attached hydrogens (primary N) is 1. The second kappa shape index (κ2) is 4.37. The van der Waals surface area contributed by atoms with Crippen molar-refractivity contribution in [2.24, 2.45) is 0 Å². The molecule has 0 spiro atoms. The van der Waals surface area contributed by atoms with Gasteiger partial charge in [0.2, 0.25) is 5.91 Å². The average molecular weight is 324 g/mol. The number of nitrogens with zero attached hydrogens (tertiary/aromatic N) is 1. The van der Waals surface area contributed by atoms with Gasteiger partial charge in [0.1, 0.15) is 5.82 Å². The highest BCUT2D eigenvalue weighted by Crippen LogP contribution is 2.41. The molecule has 1 aromatic carbocycles. The summed E-state index contributed by atoms with van der Waals surface area (Å²) < 4.78 is 1.02. The number of fused-ring (bicyclic) bond motifs is 1. The Labute approximate surface area is 116 Å². The fourth-order valence-corrected chi connectivity index (χ4v) is 3.28. The number of aromatic nitrogens is 1. The van der Waals surface area contributed by atoms with E-state index in [4.69, 9.17) is 5.73 Å². The summed E-state index contributed by atoms with van der Waals surface area (Å²) >= 11 is 4.85. The third-order valence-corrected chi connectivity index (χ3v) is 4.43. The number of carbonyl (C=O) groups excluding carboxylic acids is 1. The second-order valence-electron chi connectivity index (χ2n) is 4.12. The fourth-order valence-electron chi connectivity index (χ4n) is 2.10. The lowest BCUT2D eigenvalue weighted by molar-refractivity contribution is -0.116. The minimum atomic E-state index is -0.0132. The molecule has 1 aliphatic rings. The Morgan fingerprint density at radius 1 is 1.39 bits per heavy atom. The van der Waals surface area contributed by atoms with Crippen molar-refractivity contribution < 1.29 is 4.79 Å². The lowest BCUT2D eigenvalue weighted by atomic mass is 9.92. The number of anilines is 2. The summed E-state index contributed by atoms with van der Waals surface area (Å²) in [5, 5.41) is 3.25. The molecule has 1 atom stereocenters. The summed E-state index contributed by atoms with van der Waals surface area (Å²) in [5.41, 5.74) is 6.83. The minimum Gasteiger partial charge on any atom is -0.375 e. The van der Waals surface area contributed by atoms with E-state index < -0.39 is 0 Å². The van der Waals surface area contributed by atoms with Crippen molar-refractivity contribution in [1.82, 2.24) is 4.98 Å². The van der Waals surface area contributed by atoms with Crippen molar-refractivity contribution in [2.45, 2.75) is 12.3 Å². The van der Waals surface area contributed by atoms with E-state index in [1.54, 1.807) is 0 Å². The van der Waals surface area contributed by atoms with Crippen LogP contribution in [-0.4, -0.2) is 10.9 Å². The van der Waals surface area contributed by atoms with Crippen LogP contribution in [0.25, 0.3) is 0 Å². The van der Waals surface area contributed by atoms with Crippen LogP contribution in [0.4, 0.5) is 10.9 Å². The van der Waals surface area contributed by atoms with Crippen LogP contribution >= 0.6 is 27.3 Å². The molecule has 2 heterocycles. The summed E-state index contributed by atoms with van der Waals surface area (Å²) in [5.74, 6) is 0.652. The van der Waals surface area contributed by atoms with Gasteiger partial charge in [0.15, 0.2) is 5.13 Å². The molecule has 0 fully saturated rings. The molecule has 0 saturated carbocycles. The molecule has 0 aliphatic carbocycles. The predicted molar refractivity (Wildman–Crippen MR) is 75.8 cm³/mol. The van der Waals surface area contributed by atoms with Gasteiger partial charge in [0, 0.05) is 16.8 Å². The Bertz CT molecular complexity index is 608. The van der Waals surface area contributed by atoms with Crippen LogP contribution in [0.15, 0.2) is 28.7 Å². The van der Waals surface area contributed by atoms with E-state index in [0.29, 0.717) is 17.4 Å². The first-order valence-corrected chi connectivity index (χ1v) is 7.06. The highest BCUT2D eigenvalue weighted by atomic mass is 79.9. The van der Waals surface area contributed by atoms with Crippen LogP contribution in [0.3, 0.4) is 0 Å². The molecule has 4 nitrogen and oxygen atoms in total. The van der Waals surface area contributed by atoms with Crippen molar-refractivity contribution >= 4 is 44.1 Å². The number of rotatable bonds is 1. The van der Waals surface area contributed by atoms with Crippen LogP contribution in [-0.2, 0) is 4.79 Å². The van der Waals surface area contributed by atoms with Crippen molar-refractivity contribution in [3.8, 4) is 0 Å². The zero-order valence-corrected chi connectivity index (χ0v) is 11.7. The third-order valence-electron chi connectivity index (χ3n) is 2.91. The third kappa shape index (κ3) is 2.02. The SMILES string of the molecule is Nc1nc2c(s1)[C@@H](c1ccc(Br)cc1)CC(=O)N2. The smallest absolute Gasteiger partial charge is 0.226 e. The van der Waals surface area contributed by atoms with Crippen LogP contribution in [0.2, 0.25) is 0 Å². The molecule has 0 saturated heterocycles. The topological polar surface area (TPSA) is 68.0 Å². The lowest BCUT2D eigenvalue weighted by Gasteiger charge is -2.21. The standard InChI is InChI=1S/C12H10BrN3OS/c13-7-3-1-6(2-4-7)8-5-9(17)15-11-10(8)18-12(14)16-11/h1-4,8H,5H2,(H2,14,16)(H,15,17)/t8-/m1/s1. The van der Waals surface area contributed by atoms with Gasteiger partial charge in [0.05, 0.1) is 4.88 Å². The number of nitrogens with one attached hydrogen (secondary N) is 1. The molecule has 3 rings (SSSR count). The molecule has 1 aromatic heterocycles. The van der Waals surface area contributed by atoms with Gasteiger partial charge in [-0.1, -0.05) is 39.4 Å². The van der Waals surface area contributed by atoms with Crippen molar-refractivity contribution in [1.29, 1.82) is 0 Å². The van der Waals surface area contributed by atoms with Gasteiger partial charge >= 0.3 is 0 Å². The summed E-state index contributed by atoms with van der Waals surface area (Å²) in [4.78, 5) is 16.9. The first-order chi connectivity index (χ1) is 8.63. The number of hydrogen-bond donors (Lipinski definition) is 2. The predicted octanol–water partition coefficient (Wildman–Crippen LogP) is 2.96. The summed E-state index contributed by atoms with van der Waals surface area (Å²) in [7, 11) is 0. The van der Waals surface area contributed by atoms with E-state index in [1.807, 2.05) is 24.3 Å². The first kappa shape index (κ1) is 11.7. The van der Waals surface area contributed by atoms with E-state index in [1.165, 1.54) is 11.3 Å². The molecule has 0 bridgehead atoms. The van der Waals surface area contributed by atoms with Gasteiger partial charge in [0.25, 0.3) is 0 Å². The van der Waals surface area contributed by atoms with Gasteiger partial charge in [-0.05, 0) is 17.7 Å². The molecular formula is C12H10BrN3OS. The van der Waals surface area contributed by atoms with Gasteiger partial charge < -0.3 is 11.1 Å². The Balaban J connectivity index is 2.06. The van der Waals surface area contributed by atoms with Gasteiger partial charge in [-0.3, -0.25) is 4.79 Å². The maximum Gasteiger partial charge on any atom is 0.226 e. The maximum atomic E-state index is 11.7. The Hall–Kier alpha value is -1.40. The van der Waals surface area contributed by atoms with E-state index in [0.717, 1.165) is 14.9 Å². The van der Waals surface area contributed by atoms with Crippen molar-refractivity contribution in [2.75, 3.05) is 11.1 Å². The lowest BCUT2D eigenvalue weighted by Crippen LogP contribution is -2.22. The monoisotopic (exact) mass is 323 g/mol. The van der Waals surface area contributed by atoms with E-state index in [2.05, 4.69) is 26.2 Å². The molecular weight excluding hydrogens is 314 g/mol. The Morgan fingerprint density at radius 2 is 2.11 bits per heavy atom. The van der Waals surface area contributed by atoms with Crippen LogP contribution in [0.5, 0.6) is 0 Å². The van der Waals surface area contributed by atoms with E-state index >= 15 is 0 Å². The second-order valence-corrected chi connectivity index (χ2v) is 6.10. The van der Waals surface area contributed by atoms with E-state index in [-0.39, 0.29) is 11.8 Å². The molecule has 1 aliphatic heterocycles. The molecule has 92 valence electrons. The summed E-state index contributed by atoms with van der Waals surface area (Å²) in [6.45, 7) is 0. The molecule has 0 unspecified atom stereocenters. The number of amides is 1. The molecule has 3 N–H and O–H groups in total. The summed E-state index contributed by atoms with van der Waals surface area (Å²) in [6.07, 6.45) is 0.441. The number of thiazole rings is 1. The Kier molecular flexibility index (Phi) is 2.83. The highest BCUT2D eigenvalue weighted by Gasteiger charge is 2.29. The zero-order valence-electron chi connectivity index (χ0n) is 9.31. The average Bonchev–Trinajstić information content (AvgIpc) is 2.69. The molecule has 18 heavy (non-hydrogen) atoms. The van der Waals surface area contributed by atoms with Gasteiger partial charge in [-0.15, -0.1) is 0 Å². The van der Waals surface area contributed by atoms with Crippen molar-refractivity contribution in [3.63, 3.8) is 0 Å². The van der Waals surface area contributed by atoms with Crippen molar-refractivity contribution in [3.05, 3.63) is 39.2 Å².